The van der Waals surface area contributed by atoms with Gasteiger partial charge in [-0.3, -0.25) is 4.79 Å². The quantitative estimate of drug-likeness (QED) is 0.748. The lowest BCUT2D eigenvalue weighted by atomic mass is 10.2. The van der Waals surface area contributed by atoms with Crippen molar-refractivity contribution in [1.82, 2.24) is 5.32 Å². The Bertz CT molecular complexity index is 683. The van der Waals surface area contributed by atoms with Crippen molar-refractivity contribution in [2.75, 3.05) is 6.61 Å². The molecule has 0 saturated heterocycles. The number of rotatable bonds is 8. The number of benzene rings is 2. The zero-order valence-corrected chi connectivity index (χ0v) is 14.5. The summed E-state index contributed by atoms with van der Waals surface area (Å²) in [6.07, 6.45) is 0.644. The van der Waals surface area contributed by atoms with E-state index < -0.39 is 5.97 Å². The highest BCUT2D eigenvalue weighted by atomic mass is 16.6. The van der Waals surface area contributed by atoms with Crippen LogP contribution in [0.25, 0.3) is 0 Å². The van der Waals surface area contributed by atoms with Crippen LogP contribution < -0.4 is 10.1 Å². The number of hydrogen-bond acceptors (Lipinski definition) is 4. The van der Waals surface area contributed by atoms with E-state index in [1.54, 1.807) is 24.3 Å². The fourth-order valence-corrected chi connectivity index (χ4v) is 2.07. The van der Waals surface area contributed by atoms with Gasteiger partial charge in [0.15, 0.2) is 6.61 Å². The van der Waals surface area contributed by atoms with Gasteiger partial charge in [-0.25, -0.2) is 4.79 Å². The highest BCUT2D eigenvalue weighted by Gasteiger charge is 2.09. The molecule has 5 nitrogen and oxygen atoms in total. The molecule has 0 bridgehead atoms. The first-order chi connectivity index (χ1) is 12.1. The smallest absolute Gasteiger partial charge is 0.344 e. The van der Waals surface area contributed by atoms with E-state index in [4.69, 9.17) is 9.47 Å². The third-order valence-corrected chi connectivity index (χ3v) is 3.68. The molecule has 0 aliphatic rings. The molecule has 2 aromatic rings. The Morgan fingerprint density at radius 2 is 1.72 bits per heavy atom. The van der Waals surface area contributed by atoms with Gasteiger partial charge in [-0.15, -0.1) is 0 Å². The maximum atomic E-state index is 12.1. The van der Waals surface area contributed by atoms with E-state index in [-0.39, 0.29) is 18.6 Å². The van der Waals surface area contributed by atoms with Crippen LogP contribution >= 0.6 is 0 Å². The van der Waals surface area contributed by atoms with Gasteiger partial charge in [0.2, 0.25) is 0 Å². The lowest BCUT2D eigenvalue weighted by Gasteiger charge is -2.11. The standard InChI is InChI=1S/C20H23NO4/c1-3-15(2)25-19(22)14-24-18-11-9-17(10-12-18)20(23)21-13-16-7-5-4-6-8-16/h4-12,15H,3,13-14H2,1-2H3,(H,21,23)/t15-/m1/s1. The van der Waals surface area contributed by atoms with Crippen LogP contribution in [-0.2, 0) is 16.1 Å². The van der Waals surface area contributed by atoms with Crippen molar-refractivity contribution < 1.29 is 19.1 Å². The van der Waals surface area contributed by atoms with Gasteiger partial charge in [-0.1, -0.05) is 37.3 Å². The molecule has 0 fully saturated rings. The van der Waals surface area contributed by atoms with Crippen LogP contribution in [0.3, 0.4) is 0 Å². The summed E-state index contributed by atoms with van der Waals surface area (Å²) in [4.78, 5) is 23.7. The Kier molecular flexibility index (Phi) is 7.01. The van der Waals surface area contributed by atoms with E-state index in [2.05, 4.69) is 5.32 Å². The summed E-state index contributed by atoms with van der Waals surface area (Å²) in [6, 6.07) is 16.3. The van der Waals surface area contributed by atoms with Gasteiger partial charge in [0.25, 0.3) is 5.91 Å². The van der Waals surface area contributed by atoms with Crippen molar-refractivity contribution in [2.45, 2.75) is 32.9 Å². The zero-order valence-electron chi connectivity index (χ0n) is 14.5. The van der Waals surface area contributed by atoms with Gasteiger partial charge in [0.1, 0.15) is 5.75 Å². The molecule has 132 valence electrons. The van der Waals surface area contributed by atoms with E-state index in [1.807, 2.05) is 44.2 Å². The first-order valence-electron chi connectivity index (χ1n) is 8.33. The van der Waals surface area contributed by atoms with Gasteiger partial charge < -0.3 is 14.8 Å². The minimum absolute atomic E-state index is 0.119. The molecule has 2 aromatic carbocycles. The average Bonchev–Trinajstić information content (AvgIpc) is 2.65. The summed E-state index contributed by atoms with van der Waals surface area (Å²) in [6.45, 7) is 4.10. The summed E-state index contributed by atoms with van der Waals surface area (Å²) in [5.74, 6) is -0.0497. The lowest BCUT2D eigenvalue weighted by Crippen LogP contribution is -2.22. The van der Waals surface area contributed by atoms with Crippen LogP contribution in [-0.4, -0.2) is 24.6 Å². The Labute approximate surface area is 148 Å². The molecule has 5 heteroatoms. The molecule has 1 amide bonds. The molecule has 0 aliphatic carbocycles. The third kappa shape index (κ3) is 6.30. The zero-order chi connectivity index (χ0) is 18.1. The van der Waals surface area contributed by atoms with Crippen molar-refractivity contribution in [3.63, 3.8) is 0 Å². The summed E-state index contributed by atoms with van der Waals surface area (Å²) >= 11 is 0. The van der Waals surface area contributed by atoms with E-state index in [0.717, 1.165) is 12.0 Å². The largest absolute Gasteiger partial charge is 0.482 e. The van der Waals surface area contributed by atoms with Crippen molar-refractivity contribution >= 4 is 11.9 Å². The summed E-state index contributed by atoms with van der Waals surface area (Å²) in [5, 5.41) is 2.86. The molecular formula is C20H23NO4. The van der Waals surface area contributed by atoms with Crippen molar-refractivity contribution in [3.8, 4) is 5.75 Å². The lowest BCUT2D eigenvalue weighted by molar-refractivity contribution is -0.150. The molecule has 0 aromatic heterocycles. The van der Waals surface area contributed by atoms with Crippen molar-refractivity contribution in [1.29, 1.82) is 0 Å². The van der Waals surface area contributed by atoms with Gasteiger partial charge in [-0.2, -0.15) is 0 Å². The molecular weight excluding hydrogens is 318 g/mol. The molecule has 0 spiro atoms. The fraction of sp³-hybridized carbons (Fsp3) is 0.300. The molecule has 0 saturated carbocycles. The van der Waals surface area contributed by atoms with E-state index in [9.17, 15) is 9.59 Å². The summed E-state index contributed by atoms with van der Waals surface area (Å²) in [7, 11) is 0. The van der Waals surface area contributed by atoms with Crippen LogP contribution in [0.5, 0.6) is 5.75 Å². The van der Waals surface area contributed by atoms with Gasteiger partial charge >= 0.3 is 5.97 Å². The number of hydrogen-bond donors (Lipinski definition) is 1. The summed E-state index contributed by atoms with van der Waals surface area (Å²) in [5.41, 5.74) is 1.57. The number of nitrogens with one attached hydrogen (secondary N) is 1. The molecule has 1 N–H and O–H groups in total. The molecule has 0 aliphatic heterocycles. The van der Waals surface area contributed by atoms with Crippen molar-refractivity contribution in [3.05, 3.63) is 65.7 Å². The second-order valence-electron chi connectivity index (χ2n) is 5.69. The minimum Gasteiger partial charge on any atom is -0.482 e. The third-order valence-electron chi connectivity index (χ3n) is 3.68. The molecule has 0 heterocycles. The van der Waals surface area contributed by atoms with Gasteiger partial charge in [-0.05, 0) is 43.2 Å². The molecule has 0 radical (unpaired) electrons. The van der Waals surface area contributed by atoms with Gasteiger partial charge in [0.05, 0.1) is 6.10 Å². The van der Waals surface area contributed by atoms with Crippen molar-refractivity contribution in [2.24, 2.45) is 0 Å². The number of esters is 1. The maximum absolute atomic E-state index is 12.1. The van der Waals surface area contributed by atoms with Crippen LogP contribution in [0, 0.1) is 0 Å². The molecule has 0 unspecified atom stereocenters. The van der Waals surface area contributed by atoms with Crippen LogP contribution in [0.1, 0.15) is 36.2 Å². The topological polar surface area (TPSA) is 64.6 Å². The molecule has 25 heavy (non-hydrogen) atoms. The first-order valence-corrected chi connectivity index (χ1v) is 8.33. The average molecular weight is 341 g/mol. The highest BCUT2D eigenvalue weighted by Crippen LogP contribution is 2.12. The van der Waals surface area contributed by atoms with Crippen LogP contribution in [0.15, 0.2) is 54.6 Å². The van der Waals surface area contributed by atoms with E-state index >= 15 is 0 Å². The normalized spacial score (nSPS) is 11.4. The fourth-order valence-electron chi connectivity index (χ4n) is 2.07. The minimum atomic E-state index is -0.404. The number of carbonyl (C=O) groups excluding carboxylic acids is 2. The summed E-state index contributed by atoms with van der Waals surface area (Å²) < 4.78 is 10.5. The Morgan fingerprint density at radius 3 is 2.36 bits per heavy atom. The monoisotopic (exact) mass is 341 g/mol. The maximum Gasteiger partial charge on any atom is 0.344 e. The Morgan fingerprint density at radius 1 is 1.04 bits per heavy atom. The first kappa shape index (κ1) is 18.5. The number of ether oxygens (including phenoxy) is 2. The van der Waals surface area contributed by atoms with Gasteiger partial charge in [0, 0.05) is 12.1 Å². The Balaban J connectivity index is 1.80. The van der Waals surface area contributed by atoms with E-state index in [0.29, 0.717) is 17.9 Å². The Hall–Kier alpha value is -2.82. The predicted molar refractivity (Wildman–Crippen MR) is 95.4 cm³/mol. The number of carbonyl (C=O) groups is 2. The molecule has 2 rings (SSSR count). The predicted octanol–water partition coefficient (Wildman–Crippen LogP) is 3.34. The van der Waals surface area contributed by atoms with Crippen LogP contribution in [0.2, 0.25) is 0 Å². The SMILES string of the molecule is CC[C@@H](C)OC(=O)COc1ccc(C(=O)NCc2ccccc2)cc1. The molecule has 1 atom stereocenters. The second-order valence-corrected chi connectivity index (χ2v) is 5.69. The highest BCUT2D eigenvalue weighted by molar-refractivity contribution is 5.94. The van der Waals surface area contributed by atoms with Crippen LogP contribution in [0.4, 0.5) is 0 Å². The number of amides is 1. The second kappa shape index (κ2) is 9.47. The van der Waals surface area contributed by atoms with E-state index in [1.165, 1.54) is 0 Å².